The minimum absolute atomic E-state index is 0.234. The van der Waals surface area contributed by atoms with Gasteiger partial charge in [-0.05, 0) is 18.2 Å². The molecule has 0 atom stereocenters. The van der Waals surface area contributed by atoms with Crippen LogP contribution in [-0.4, -0.2) is 36.3 Å². The van der Waals surface area contributed by atoms with Crippen LogP contribution >= 0.6 is 0 Å². The molecule has 7 heteroatoms. The van der Waals surface area contributed by atoms with Crippen molar-refractivity contribution in [1.82, 2.24) is 15.0 Å². The number of benzene rings is 2. The van der Waals surface area contributed by atoms with Crippen LogP contribution in [-0.2, 0) is 6.61 Å². The molecule has 23 heavy (non-hydrogen) atoms. The van der Waals surface area contributed by atoms with Crippen LogP contribution in [0.15, 0.2) is 48.5 Å². The Kier molecular flexibility index (Phi) is 3.78. The lowest BCUT2D eigenvalue weighted by Crippen LogP contribution is -2.03. The zero-order chi connectivity index (χ0) is 16.4. The van der Waals surface area contributed by atoms with Gasteiger partial charge in [-0.3, -0.25) is 0 Å². The lowest BCUT2D eigenvalue weighted by atomic mass is 10.1. The number of rotatable bonds is 4. The summed E-state index contributed by atoms with van der Waals surface area (Å²) in [6.45, 7) is -0.298. The van der Waals surface area contributed by atoms with Crippen molar-refractivity contribution in [3.63, 3.8) is 0 Å². The van der Waals surface area contributed by atoms with E-state index in [1.165, 1.54) is 22.9 Å². The standard InChI is InChI=1S/C16H13N3O4/c20-9-13-15(10-4-2-1-3-5-10)19(18-17-13)11-6-7-14(21)12(8-11)16(22)23/h1-8,20-21H,9H2,(H,22,23). The quantitative estimate of drug-likeness (QED) is 0.678. The number of aliphatic hydroxyl groups excluding tert-OH is 1. The summed E-state index contributed by atoms with van der Waals surface area (Å²) in [6.07, 6.45) is 0. The summed E-state index contributed by atoms with van der Waals surface area (Å²) in [7, 11) is 0. The highest BCUT2D eigenvalue weighted by Crippen LogP contribution is 2.27. The van der Waals surface area contributed by atoms with Gasteiger partial charge in [0, 0.05) is 5.56 Å². The van der Waals surface area contributed by atoms with Gasteiger partial charge in [0.25, 0.3) is 0 Å². The van der Waals surface area contributed by atoms with Crippen molar-refractivity contribution in [2.75, 3.05) is 0 Å². The molecule has 0 aliphatic heterocycles. The van der Waals surface area contributed by atoms with Gasteiger partial charge in [-0.25, -0.2) is 9.48 Å². The highest BCUT2D eigenvalue weighted by Gasteiger charge is 2.18. The summed E-state index contributed by atoms with van der Waals surface area (Å²) >= 11 is 0. The van der Waals surface area contributed by atoms with Crippen molar-refractivity contribution < 1.29 is 20.1 Å². The summed E-state index contributed by atoms with van der Waals surface area (Å²) in [5, 5.41) is 36.2. The second-order valence-electron chi connectivity index (χ2n) is 4.83. The van der Waals surface area contributed by atoms with Crippen LogP contribution in [0.2, 0.25) is 0 Å². The highest BCUT2D eigenvalue weighted by molar-refractivity contribution is 5.91. The van der Waals surface area contributed by atoms with E-state index in [4.69, 9.17) is 5.11 Å². The topological polar surface area (TPSA) is 108 Å². The van der Waals surface area contributed by atoms with E-state index < -0.39 is 5.97 Å². The second-order valence-corrected chi connectivity index (χ2v) is 4.83. The van der Waals surface area contributed by atoms with Crippen LogP contribution in [0.1, 0.15) is 16.1 Å². The molecular formula is C16H13N3O4. The average molecular weight is 311 g/mol. The summed E-state index contributed by atoms with van der Waals surface area (Å²) in [5.74, 6) is -1.57. The molecule has 1 aromatic heterocycles. The van der Waals surface area contributed by atoms with Gasteiger partial charge in [-0.15, -0.1) is 5.10 Å². The minimum atomic E-state index is -1.24. The number of hydrogen-bond acceptors (Lipinski definition) is 5. The van der Waals surface area contributed by atoms with Crippen molar-refractivity contribution in [3.05, 3.63) is 59.8 Å². The lowest BCUT2D eigenvalue weighted by molar-refractivity contribution is 0.0693. The molecule has 0 fully saturated rings. The molecule has 0 bridgehead atoms. The monoisotopic (exact) mass is 311 g/mol. The molecule has 0 spiro atoms. The normalized spacial score (nSPS) is 10.7. The number of hydrogen-bond donors (Lipinski definition) is 3. The molecule has 0 saturated carbocycles. The van der Waals surface area contributed by atoms with Crippen LogP contribution in [0.3, 0.4) is 0 Å². The first kappa shape index (κ1) is 14.7. The van der Waals surface area contributed by atoms with E-state index in [1.54, 1.807) is 0 Å². The molecule has 0 unspecified atom stereocenters. The summed E-state index contributed by atoms with van der Waals surface area (Å²) in [5.41, 5.74) is 1.91. The molecule has 3 rings (SSSR count). The molecule has 1 heterocycles. The van der Waals surface area contributed by atoms with Gasteiger partial charge in [0.15, 0.2) is 0 Å². The average Bonchev–Trinajstić information content (AvgIpc) is 2.99. The number of aromatic nitrogens is 3. The smallest absolute Gasteiger partial charge is 0.339 e. The van der Waals surface area contributed by atoms with E-state index in [1.807, 2.05) is 30.3 Å². The summed E-state index contributed by atoms with van der Waals surface area (Å²) in [4.78, 5) is 11.2. The molecule has 116 valence electrons. The van der Waals surface area contributed by atoms with Crippen LogP contribution < -0.4 is 0 Å². The Labute approximate surface area is 131 Å². The first-order valence-electron chi connectivity index (χ1n) is 6.79. The Balaban J connectivity index is 2.20. The zero-order valence-corrected chi connectivity index (χ0v) is 11.9. The maximum Gasteiger partial charge on any atom is 0.339 e. The number of aliphatic hydroxyl groups is 1. The third kappa shape index (κ3) is 2.65. The molecule has 0 saturated heterocycles. The maximum absolute atomic E-state index is 11.2. The van der Waals surface area contributed by atoms with E-state index >= 15 is 0 Å². The van der Waals surface area contributed by atoms with E-state index in [0.29, 0.717) is 17.1 Å². The summed E-state index contributed by atoms with van der Waals surface area (Å²) < 4.78 is 1.44. The van der Waals surface area contributed by atoms with Gasteiger partial charge in [-0.2, -0.15) is 0 Å². The van der Waals surface area contributed by atoms with Crippen molar-refractivity contribution in [3.8, 4) is 22.7 Å². The Morgan fingerprint density at radius 3 is 2.52 bits per heavy atom. The van der Waals surface area contributed by atoms with E-state index in [2.05, 4.69) is 10.3 Å². The molecular weight excluding hydrogens is 298 g/mol. The fourth-order valence-electron chi connectivity index (χ4n) is 2.31. The number of carbonyl (C=O) groups is 1. The highest BCUT2D eigenvalue weighted by atomic mass is 16.4. The SMILES string of the molecule is O=C(O)c1cc(-n2nnc(CO)c2-c2ccccc2)ccc1O. The number of carboxylic acid groups (broad SMARTS) is 1. The largest absolute Gasteiger partial charge is 0.507 e. The molecule has 2 aromatic carbocycles. The molecule has 0 amide bonds. The van der Waals surface area contributed by atoms with Gasteiger partial charge >= 0.3 is 5.97 Å². The second kappa shape index (κ2) is 5.90. The fourth-order valence-corrected chi connectivity index (χ4v) is 2.31. The van der Waals surface area contributed by atoms with E-state index in [-0.39, 0.29) is 17.9 Å². The number of nitrogens with zero attached hydrogens (tertiary/aromatic N) is 3. The third-order valence-electron chi connectivity index (χ3n) is 3.39. The van der Waals surface area contributed by atoms with Crippen molar-refractivity contribution >= 4 is 5.97 Å². The molecule has 3 N–H and O–H groups in total. The van der Waals surface area contributed by atoms with Gasteiger partial charge in [-0.1, -0.05) is 35.5 Å². The third-order valence-corrected chi connectivity index (χ3v) is 3.39. The van der Waals surface area contributed by atoms with Crippen LogP contribution in [0.5, 0.6) is 5.75 Å². The number of aromatic hydroxyl groups is 1. The predicted molar refractivity (Wildman–Crippen MR) is 81.3 cm³/mol. The first-order valence-corrected chi connectivity index (χ1v) is 6.79. The summed E-state index contributed by atoms with van der Waals surface area (Å²) in [6, 6.07) is 13.3. The van der Waals surface area contributed by atoms with Crippen molar-refractivity contribution in [1.29, 1.82) is 0 Å². The molecule has 0 aliphatic carbocycles. The molecule has 0 radical (unpaired) electrons. The fraction of sp³-hybridized carbons (Fsp3) is 0.0625. The van der Waals surface area contributed by atoms with Gasteiger partial charge in [0.1, 0.15) is 22.7 Å². The van der Waals surface area contributed by atoms with Gasteiger partial charge < -0.3 is 15.3 Å². The van der Waals surface area contributed by atoms with Crippen LogP contribution in [0.25, 0.3) is 16.9 Å². The first-order chi connectivity index (χ1) is 11.1. The number of aromatic carboxylic acids is 1. The Morgan fingerprint density at radius 1 is 1.13 bits per heavy atom. The minimum Gasteiger partial charge on any atom is -0.507 e. The Hall–Kier alpha value is -3.19. The van der Waals surface area contributed by atoms with Crippen LogP contribution in [0, 0.1) is 0 Å². The predicted octanol–water partition coefficient (Wildman–Crippen LogP) is 1.83. The van der Waals surface area contributed by atoms with E-state index in [0.717, 1.165) is 5.56 Å². The number of phenols is 1. The lowest BCUT2D eigenvalue weighted by Gasteiger charge is -2.09. The van der Waals surface area contributed by atoms with E-state index in [9.17, 15) is 15.0 Å². The van der Waals surface area contributed by atoms with Crippen molar-refractivity contribution in [2.45, 2.75) is 6.61 Å². The van der Waals surface area contributed by atoms with Crippen molar-refractivity contribution in [2.24, 2.45) is 0 Å². The number of carboxylic acids is 1. The zero-order valence-electron chi connectivity index (χ0n) is 11.9. The molecule has 0 aliphatic rings. The molecule has 7 nitrogen and oxygen atoms in total. The molecule has 3 aromatic rings. The van der Waals surface area contributed by atoms with Crippen LogP contribution in [0.4, 0.5) is 0 Å². The Morgan fingerprint density at radius 2 is 1.87 bits per heavy atom. The Bertz CT molecular complexity index is 859. The van der Waals surface area contributed by atoms with Gasteiger partial charge in [0.05, 0.1) is 12.3 Å². The van der Waals surface area contributed by atoms with Gasteiger partial charge in [0.2, 0.25) is 0 Å². The maximum atomic E-state index is 11.2.